The third-order valence-corrected chi connectivity index (χ3v) is 5.56. The Morgan fingerprint density at radius 1 is 1.30 bits per heavy atom. The van der Waals surface area contributed by atoms with Crippen LogP contribution in [0.4, 0.5) is 0 Å². The van der Waals surface area contributed by atoms with Crippen molar-refractivity contribution in [3.05, 3.63) is 45.5 Å². The van der Waals surface area contributed by atoms with Crippen LogP contribution in [0.15, 0.2) is 28.5 Å². The minimum absolute atomic E-state index is 0.692. The first kappa shape index (κ1) is 14.7. The van der Waals surface area contributed by atoms with Crippen molar-refractivity contribution in [2.75, 3.05) is 13.7 Å². The molecule has 0 bridgehead atoms. The molecule has 4 rings (SSSR count). The van der Waals surface area contributed by atoms with E-state index in [2.05, 4.69) is 37.1 Å². The Morgan fingerprint density at radius 3 is 3.09 bits per heavy atom. The first-order chi connectivity index (χ1) is 11.3. The Bertz CT molecular complexity index is 786. The van der Waals surface area contributed by atoms with Crippen LogP contribution in [0.2, 0.25) is 0 Å². The normalized spacial score (nSPS) is 14.7. The van der Waals surface area contributed by atoms with Crippen molar-refractivity contribution >= 4 is 22.7 Å². The quantitative estimate of drug-likeness (QED) is 0.727. The van der Waals surface area contributed by atoms with Gasteiger partial charge in [0.1, 0.15) is 11.3 Å². The van der Waals surface area contributed by atoms with Crippen LogP contribution in [0.3, 0.4) is 0 Å². The Balaban J connectivity index is 1.50. The Morgan fingerprint density at radius 2 is 2.26 bits per heavy atom. The number of thiazole rings is 1. The highest BCUT2D eigenvalue weighted by Gasteiger charge is 2.22. The van der Waals surface area contributed by atoms with Crippen molar-refractivity contribution in [1.29, 1.82) is 0 Å². The zero-order valence-corrected chi connectivity index (χ0v) is 14.4. The second-order valence-electron chi connectivity index (χ2n) is 5.42. The number of fused-ring (bicyclic) bond motifs is 1. The lowest BCUT2D eigenvalue weighted by Gasteiger charge is -2.27. The molecule has 0 aliphatic carbocycles. The van der Waals surface area contributed by atoms with Gasteiger partial charge < -0.3 is 4.74 Å². The van der Waals surface area contributed by atoms with Gasteiger partial charge in [-0.05, 0) is 11.4 Å². The molecule has 1 aliphatic rings. The summed E-state index contributed by atoms with van der Waals surface area (Å²) in [5.41, 5.74) is 4.54. The van der Waals surface area contributed by atoms with E-state index in [1.54, 1.807) is 36.1 Å². The molecule has 0 saturated heterocycles. The molecule has 5 nitrogen and oxygen atoms in total. The van der Waals surface area contributed by atoms with E-state index in [0.29, 0.717) is 5.88 Å². The maximum atomic E-state index is 5.37. The van der Waals surface area contributed by atoms with E-state index in [1.807, 2.05) is 0 Å². The fraction of sp³-hybridized carbons (Fsp3) is 0.312. The largest absolute Gasteiger partial charge is 0.481 e. The van der Waals surface area contributed by atoms with E-state index in [1.165, 1.54) is 5.56 Å². The number of ether oxygens (including phenoxy) is 1. The molecule has 1 aliphatic heterocycles. The van der Waals surface area contributed by atoms with E-state index in [9.17, 15) is 0 Å². The molecule has 23 heavy (non-hydrogen) atoms. The lowest BCUT2D eigenvalue weighted by atomic mass is 10.1. The van der Waals surface area contributed by atoms with Crippen LogP contribution in [0.5, 0.6) is 5.88 Å². The number of methoxy groups -OCH3 is 1. The van der Waals surface area contributed by atoms with Gasteiger partial charge in [0.2, 0.25) is 5.88 Å². The monoisotopic (exact) mass is 344 g/mol. The van der Waals surface area contributed by atoms with Crippen molar-refractivity contribution in [3.8, 4) is 16.5 Å². The number of hydrogen-bond donors (Lipinski definition) is 0. The summed E-state index contributed by atoms with van der Waals surface area (Å²) in [4.78, 5) is 15.7. The fourth-order valence-electron chi connectivity index (χ4n) is 2.81. The molecule has 0 saturated carbocycles. The van der Waals surface area contributed by atoms with E-state index in [-0.39, 0.29) is 0 Å². The third-order valence-electron chi connectivity index (χ3n) is 3.94. The van der Waals surface area contributed by atoms with Crippen molar-refractivity contribution in [1.82, 2.24) is 19.9 Å². The van der Waals surface area contributed by atoms with Crippen molar-refractivity contribution in [3.63, 3.8) is 0 Å². The molecular formula is C16H16N4OS2. The SMILES string of the molecule is COc1ncnc2c1CN(Cc1csc(-c3ccsc3)n1)CC2. The summed E-state index contributed by atoms with van der Waals surface area (Å²) >= 11 is 3.41. The average molecular weight is 344 g/mol. The van der Waals surface area contributed by atoms with Crippen LogP contribution in [-0.4, -0.2) is 33.5 Å². The summed E-state index contributed by atoms with van der Waals surface area (Å²) in [6.07, 6.45) is 2.51. The van der Waals surface area contributed by atoms with Crippen LogP contribution in [0.1, 0.15) is 17.0 Å². The average Bonchev–Trinajstić information content (AvgIpc) is 3.25. The molecule has 0 radical (unpaired) electrons. The molecule has 0 N–H and O–H groups in total. The second-order valence-corrected chi connectivity index (χ2v) is 7.06. The summed E-state index contributed by atoms with van der Waals surface area (Å²) in [6, 6.07) is 2.12. The van der Waals surface area contributed by atoms with Gasteiger partial charge in [-0.2, -0.15) is 11.3 Å². The molecular weight excluding hydrogens is 328 g/mol. The number of hydrogen-bond acceptors (Lipinski definition) is 7. The van der Waals surface area contributed by atoms with Crippen LogP contribution in [0, 0.1) is 0 Å². The Hall–Kier alpha value is -1.83. The molecule has 0 amide bonds. The molecule has 7 heteroatoms. The number of nitrogens with zero attached hydrogens (tertiary/aromatic N) is 4. The molecule has 0 spiro atoms. The van der Waals surface area contributed by atoms with Gasteiger partial charge in [-0.25, -0.2) is 15.0 Å². The first-order valence-electron chi connectivity index (χ1n) is 7.39. The van der Waals surface area contributed by atoms with Gasteiger partial charge in [-0.3, -0.25) is 4.90 Å². The van der Waals surface area contributed by atoms with Crippen molar-refractivity contribution in [2.45, 2.75) is 19.5 Å². The predicted molar refractivity (Wildman–Crippen MR) is 91.8 cm³/mol. The van der Waals surface area contributed by atoms with Gasteiger partial charge in [0, 0.05) is 47.9 Å². The molecule has 0 unspecified atom stereocenters. The van der Waals surface area contributed by atoms with Crippen LogP contribution >= 0.6 is 22.7 Å². The summed E-state index contributed by atoms with van der Waals surface area (Å²) in [5, 5.41) is 7.48. The van der Waals surface area contributed by atoms with Crippen LogP contribution < -0.4 is 4.74 Å². The van der Waals surface area contributed by atoms with Crippen molar-refractivity contribution in [2.24, 2.45) is 0 Å². The van der Waals surface area contributed by atoms with Gasteiger partial charge in [0.15, 0.2) is 0 Å². The first-order valence-corrected chi connectivity index (χ1v) is 9.22. The molecule has 0 fully saturated rings. The van der Waals surface area contributed by atoms with Crippen molar-refractivity contribution < 1.29 is 4.74 Å². The number of thiophene rings is 1. The highest BCUT2D eigenvalue weighted by atomic mass is 32.1. The topological polar surface area (TPSA) is 51.1 Å². The van der Waals surface area contributed by atoms with Gasteiger partial charge in [-0.15, -0.1) is 11.3 Å². The van der Waals surface area contributed by atoms with Gasteiger partial charge >= 0.3 is 0 Å². The van der Waals surface area contributed by atoms with E-state index in [4.69, 9.17) is 9.72 Å². The molecule has 3 aromatic rings. The maximum Gasteiger partial charge on any atom is 0.220 e. The Kier molecular flexibility index (Phi) is 4.07. The molecule has 118 valence electrons. The highest BCUT2D eigenvalue weighted by Crippen LogP contribution is 2.28. The lowest BCUT2D eigenvalue weighted by Crippen LogP contribution is -2.31. The Labute approximate surface area is 142 Å². The van der Waals surface area contributed by atoms with Gasteiger partial charge in [0.05, 0.1) is 18.5 Å². The molecule has 0 atom stereocenters. The van der Waals surface area contributed by atoms with E-state index in [0.717, 1.165) is 48.0 Å². The summed E-state index contributed by atoms with van der Waals surface area (Å²) in [7, 11) is 1.66. The highest BCUT2D eigenvalue weighted by molar-refractivity contribution is 7.14. The number of rotatable bonds is 4. The van der Waals surface area contributed by atoms with Crippen LogP contribution in [0.25, 0.3) is 10.6 Å². The smallest absolute Gasteiger partial charge is 0.220 e. The van der Waals surface area contributed by atoms with E-state index < -0.39 is 0 Å². The van der Waals surface area contributed by atoms with Crippen LogP contribution in [-0.2, 0) is 19.5 Å². The standard InChI is InChI=1S/C16H16N4OS2/c1-21-15-13-7-20(4-2-14(13)17-10-18-15)6-12-9-23-16(19-12)11-3-5-22-8-11/h3,5,8-10H,2,4,6-7H2,1H3. The predicted octanol–water partition coefficient (Wildman–Crippen LogP) is 3.23. The summed E-state index contributed by atoms with van der Waals surface area (Å²) < 4.78 is 5.37. The van der Waals surface area contributed by atoms with Gasteiger partial charge in [-0.1, -0.05) is 0 Å². The lowest BCUT2D eigenvalue weighted by molar-refractivity contribution is 0.234. The van der Waals surface area contributed by atoms with E-state index >= 15 is 0 Å². The fourth-order valence-corrected chi connectivity index (χ4v) is 4.33. The second kappa shape index (κ2) is 6.35. The molecule has 3 aromatic heterocycles. The molecule has 4 heterocycles. The maximum absolute atomic E-state index is 5.37. The molecule has 0 aromatic carbocycles. The number of aromatic nitrogens is 3. The minimum atomic E-state index is 0.692. The minimum Gasteiger partial charge on any atom is -0.481 e. The zero-order valence-electron chi connectivity index (χ0n) is 12.7. The zero-order chi connectivity index (χ0) is 15.6. The third kappa shape index (κ3) is 2.99. The van der Waals surface area contributed by atoms with Gasteiger partial charge in [0.25, 0.3) is 0 Å². The summed E-state index contributed by atoms with van der Waals surface area (Å²) in [6.45, 7) is 2.64. The summed E-state index contributed by atoms with van der Waals surface area (Å²) in [5.74, 6) is 0.692.